The van der Waals surface area contributed by atoms with Gasteiger partial charge in [0.2, 0.25) is 5.95 Å². The number of fused-ring (bicyclic) bond motifs is 1. The van der Waals surface area contributed by atoms with Crippen LogP contribution in [0.4, 0.5) is 5.95 Å². The minimum atomic E-state index is 0.638. The molecule has 0 amide bonds. The van der Waals surface area contributed by atoms with Crippen LogP contribution < -0.4 is 5.32 Å². The highest BCUT2D eigenvalue weighted by molar-refractivity contribution is 5.43. The molecule has 2 heterocycles. The fourth-order valence-electron chi connectivity index (χ4n) is 1.14. The van der Waals surface area contributed by atoms with Crippen LogP contribution in [0.1, 0.15) is 6.92 Å². The van der Waals surface area contributed by atoms with Gasteiger partial charge in [-0.15, -0.1) is 5.10 Å². The summed E-state index contributed by atoms with van der Waals surface area (Å²) in [5.41, 5.74) is 1.90. The van der Waals surface area contributed by atoms with Crippen molar-refractivity contribution in [2.24, 2.45) is 0 Å². The van der Waals surface area contributed by atoms with Crippen molar-refractivity contribution in [2.45, 2.75) is 6.92 Å². The monoisotopic (exact) mass is 188 g/mol. The average molecular weight is 188 g/mol. The zero-order valence-corrected chi connectivity index (χ0v) is 8.07. The minimum Gasteiger partial charge on any atom is -0.349 e. The first-order chi connectivity index (χ1) is 6.75. The molecule has 2 aromatic rings. The van der Waals surface area contributed by atoms with Crippen molar-refractivity contribution in [1.82, 2.24) is 14.6 Å². The van der Waals surface area contributed by atoms with Gasteiger partial charge in [-0.05, 0) is 19.1 Å². The van der Waals surface area contributed by atoms with Gasteiger partial charge in [0, 0.05) is 12.7 Å². The summed E-state index contributed by atoms with van der Waals surface area (Å²) in [7, 11) is 0. The van der Waals surface area contributed by atoms with E-state index in [0.717, 1.165) is 11.2 Å². The number of anilines is 1. The third-order valence-corrected chi connectivity index (χ3v) is 1.79. The van der Waals surface area contributed by atoms with Crippen LogP contribution in [-0.2, 0) is 0 Å². The van der Waals surface area contributed by atoms with Gasteiger partial charge in [-0.2, -0.15) is 4.98 Å². The van der Waals surface area contributed by atoms with E-state index >= 15 is 0 Å². The van der Waals surface area contributed by atoms with Crippen molar-refractivity contribution in [1.29, 1.82) is 0 Å². The van der Waals surface area contributed by atoms with E-state index in [1.54, 1.807) is 4.52 Å². The molecular weight excluding hydrogens is 176 g/mol. The van der Waals surface area contributed by atoms with E-state index < -0.39 is 0 Å². The highest BCUT2D eigenvalue weighted by Gasteiger charge is 2.00. The van der Waals surface area contributed by atoms with Crippen molar-refractivity contribution in [3.05, 3.63) is 36.5 Å². The number of nitrogens with zero attached hydrogens (tertiary/aromatic N) is 3. The SMILES string of the molecule is C=C(C)CNc1nc2ccccn2n1. The molecule has 0 aliphatic rings. The maximum atomic E-state index is 4.28. The smallest absolute Gasteiger partial charge is 0.243 e. The fraction of sp³-hybridized carbons (Fsp3) is 0.200. The molecule has 0 fully saturated rings. The fourth-order valence-corrected chi connectivity index (χ4v) is 1.14. The molecule has 4 nitrogen and oxygen atoms in total. The van der Waals surface area contributed by atoms with E-state index in [4.69, 9.17) is 0 Å². The number of nitrogens with one attached hydrogen (secondary N) is 1. The molecule has 0 aliphatic carbocycles. The van der Waals surface area contributed by atoms with Crippen LogP contribution in [0.5, 0.6) is 0 Å². The summed E-state index contributed by atoms with van der Waals surface area (Å²) in [5.74, 6) is 0.638. The lowest BCUT2D eigenvalue weighted by Gasteiger charge is -1.98. The number of hydrogen-bond acceptors (Lipinski definition) is 3. The van der Waals surface area contributed by atoms with Gasteiger partial charge in [0.05, 0.1) is 0 Å². The van der Waals surface area contributed by atoms with Crippen LogP contribution in [0.15, 0.2) is 36.5 Å². The first-order valence-corrected chi connectivity index (χ1v) is 4.45. The zero-order chi connectivity index (χ0) is 9.97. The van der Waals surface area contributed by atoms with Crippen LogP contribution in [-0.4, -0.2) is 21.1 Å². The molecule has 0 unspecified atom stereocenters. The van der Waals surface area contributed by atoms with Crippen molar-refractivity contribution < 1.29 is 0 Å². The van der Waals surface area contributed by atoms with Gasteiger partial charge in [0.15, 0.2) is 5.65 Å². The van der Waals surface area contributed by atoms with Crippen LogP contribution in [0.3, 0.4) is 0 Å². The highest BCUT2D eigenvalue weighted by atomic mass is 15.3. The topological polar surface area (TPSA) is 42.2 Å². The predicted octanol–water partition coefficient (Wildman–Crippen LogP) is 1.72. The Balaban J connectivity index is 2.22. The molecule has 4 heteroatoms. The number of pyridine rings is 1. The average Bonchev–Trinajstić information content (AvgIpc) is 2.57. The molecule has 0 aromatic carbocycles. The van der Waals surface area contributed by atoms with Gasteiger partial charge in [0.25, 0.3) is 0 Å². The Morgan fingerprint density at radius 1 is 1.57 bits per heavy atom. The first kappa shape index (κ1) is 8.74. The summed E-state index contributed by atoms with van der Waals surface area (Å²) >= 11 is 0. The van der Waals surface area contributed by atoms with Gasteiger partial charge in [-0.3, -0.25) is 0 Å². The Morgan fingerprint density at radius 2 is 2.43 bits per heavy atom. The summed E-state index contributed by atoms with van der Waals surface area (Å²) in [4.78, 5) is 4.28. The van der Waals surface area contributed by atoms with Crippen molar-refractivity contribution >= 4 is 11.6 Å². The van der Waals surface area contributed by atoms with Crippen molar-refractivity contribution in [3.8, 4) is 0 Å². The summed E-state index contributed by atoms with van der Waals surface area (Å²) in [5, 5.41) is 7.33. The van der Waals surface area contributed by atoms with Crippen LogP contribution in [0, 0.1) is 0 Å². The number of aromatic nitrogens is 3. The maximum Gasteiger partial charge on any atom is 0.243 e. The Hall–Kier alpha value is -1.84. The molecule has 0 saturated carbocycles. The normalized spacial score (nSPS) is 10.4. The standard InChI is InChI=1S/C10H12N4/c1-8(2)7-11-10-12-9-5-3-4-6-14(9)13-10/h3-6H,1,7H2,2H3,(H,11,13). The van der Waals surface area contributed by atoms with Crippen LogP contribution in [0.2, 0.25) is 0 Å². The quantitative estimate of drug-likeness (QED) is 0.746. The number of hydrogen-bond donors (Lipinski definition) is 1. The molecule has 72 valence electrons. The molecule has 1 N–H and O–H groups in total. The van der Waals surface area contributed by atoms with Crippen LogP contribution >= 0.6 is 0 Å². The third-order valence-electron chi connectivity index (χ3n) is 1.79. The molecular formula is C10H12N4. The number of rotatable bonds is 3. The third kappa shape index (κ3) is 1.74. The van der Waals surface area contributed by atoms with Gasteiger partial charge >= 0.3 is 0 Å². The largest absolute Gasteiger partial charge is 0.349 e. The zero-order valence-electron chi connectivity index (χ0n) is 8.07. The lowest BCUT2D eigenvalue weighted by atomic mass is 10.3. The molecule has 0 bridgehead atoms. The van der Waals surface area contributed by atoms with E-state index in [0.29, 0.717) is 12.5 Å². The highest BCUT2D eigenvalue weighted by Crippen LogP contribution is 2.04. The van der Waals surface area contributed by atoms with Crippen molar-refractivity contribution in [3.63, 3.8) is 0 Å². The first-order valence-electron chi connectivity index (χ1n) is 4.45. The Bertz CT molecular complexity index is 425. The van der Waals surface area contributed by atoms with Gasteiger partial charge in [-0.25, -0.2) is 4.52 Å². The lowest BCUT2D eigenvalue weighted by molar-refractivity contribution is 0.956. The molecule has 0 radical (unpaired) electrons. The molecule has 0 atom stereocenters. The summed E-state index contributed by atoms with van der Waals surface area (Å²) in [6, 6.07) is 5.77. The van der Waals surface area contributed by atoms with Gasteiger partial charge in [0.1, 0.15) is 0 Å². The van der Waals surface area contributed by atoms with Crippen LogP contribution in [0.25, 0.3) is 5.65 Å². The Morgan fingerprint density at radius 3 is 3.14 bits per heavy atom. The summed E-state index contributed by atoms with van der Waals surface area (Å²) in [6.45, 7) is 6.47. The molecule has 14 heavy (non-hydrogen) atoms. The minimum absolute atomic E-state index is 0.638. The van der Waals surface area contributed by atoms with Gasteiger partial charge < -0.3 is 5.32 Å². The molecule has 0 saturated heterocycles. The second-order valence-corrected chi connectivity index (χ2v) is 3.25. The molecule has 0 aliphatic heterocycles. The van der Waals surface area contributed by atoms with Gasteiger partial charge in [-0.1, -0.05) is 18.2 Å². The second-order valence-electron chi connectivity index (χ2n) is 3.25. The summed E-state index contributed by atoms with van der Waals surface area (Å²) < 4.78 is 1.74. The predicted molar refractivity (Wildman–Crippen MR) is 56.3 cm³/mol. The molecule has 2 aromatic heterocycles. The van der Waals surface area contributed by atoms with E-state index in [2.05, 4.69) is 22.0 Å². The van der Waals surface area contributed by atoms with E-state index in [1.165, 1.54) is 0 Å². The molecule has 0 spiro atoms. The summed E-state index contributed by atoms with van der Waals surface area (Å²) in [6.07, 6.45) is 1.87. The van der Waals surface area contributed by atoms with E-state index in [9.17, 15) is 0 Å². The maximum absolute atomic E-state index is 4.28. The Kier molecular flexibility index (Phi) is 2.18. The lowest BCUT2D eigenvalue weighted by Crippen LogP contribution is -2.03. The second kappa shape index (κ2) is 3.49. The Labute approximate surface area is 82.3 Å². The van der Waals surface area contributed by atoms with Crippen molar-refractivity contribution in [2.75, 3.05) is 11.9 Å². The van der Waals surface area contributed by atoms with E-state index in [1.807, 2.05) is 31.3 Å². The molecule has 2 rings (SSSR count). The van der Waals surface area contributed by atoms with E-state index in [-0.39, 0.29) is 0 Å².